The number of likely N-dealkylation sites (tertiary alicyclic amines) is 1. The van der Waals surface area contributed by atoms with Crippen LogP contribution in [-0.4, -0.2) is 55.1 Å². The molecule has 0 radical (unpaired) electrons. The van der Waals surface area contributed by atoms with E-state index in [0.29, 0.717) is 18.0 Å². The number of urea groups is 1. The number of nitrogens with zero attached hydrogens (tertiary/aromatic N) is 2. The van der Waals surface area contributed by atoms with Crippen LogP contribution in [0.3, 0.4) is 0 Å². The molecule has 2 aromatic carbocycles. The Balaban J connectivity index is 1.35. The molecule has 7 heteroatoms. The van der Waals surface area contributed by atoms with Crippen molar-refractivity contribution in [1.82, 2.24) is 15.1 Å². The van der Waals surface area contributed by atoms with Gasteiger partial charge >= 0.3 is 6.03 Å². The number of rotatable bonds is 4. The van der Waals surface area contributed by atoms with Crippen molar-refractivity contribution >= 4 is 11.9 Å². The number of hydrogen-bond acceptors (Lipinski definition) is 4. The zero-order valence-corrected chi connectivity index (χ0v) is 20.1. The van der Waals surface area contributed by atoms with E-state index in [-0.39, 0.29) is 36.0 Å². The summed E-state index contributed by atoms with van der Waals surface area (Å²) in [4.78, 5) is 30.9. The number of amides is 3. The maximum Gasteiger partial charge on any atom is 0.318 e. The van der Waals surface area contributed by atoms with Crippen LogP contribution in [-0.2, 0) is 11.2 Å². The summed E-state index contributed by atoms with van der Waals surface area (Å²) in [7, 11) is 3.21. The lowest BCUT2D eigenvalue weighted by atomic mass is 9.76. The van der Waals surface area contributed by atoms with E-state index in [1.165, 1.54) is 11.1 Å². The van der Waals surface area contributed by atoms with Gasteiger partial charge < -0.3 is 24.6 Å². The van der Waals surface area contributed by atoms with Gasteiger partial charge in [0, 0.05) is 19.1 Å². The molecule has 2 aromatic rings. The van der Waals surface area contributed by atoms with Gasteiger partial charge in [0.1, 0.15) is 0 Å². The van der Waals surface area contributed by atoms with E-state index in [4.69, 9.17) is 9.47 Å². The minimum atomic E-state index is -0.209. The Morgan fingerprint density at radius 3 is 2.68 bits per heavy atom. The summed E-state index contributed by atoms with van der Waals surface area (Å²) in [5.41, 5.74) is 3.50. The average molecular weight is 464 g/mol. The van der Waals surface area contributed by atoms with Crippen molar-refractivity contribution < 1.29 is 19.1 Å². The first-order valence-corrected chi connectivity index (χ1v) is 12.2. The van der Waals surface area contributed by atoms with Gasteiger partial charge in [0.15, 0.2) is 11.5 Å². The number of benzene rings is 2. The average Bonchev–Trinajstić information content (AvgIpc) is 2.87. The van der Waals surface area contributed by atoms with Gasteiger partial charge in [-0.2, -0.15) is 0 Å². The highest BCUT2D eigenvalue weighted by Crippen LogP contribution is 2.43. The minimum Gasteiger partial charge on any atom is -0.493 e. The van der Waals surface area contributed by atoms with Crippen LogP contribution in [0.4, 0.5) is 4.79 Å². The first-order valence-electron chi connectivity index (χ1n) is 12.2. The van der Waals surface area contributed by atoms with Crippen LogP contribution >= 0.6 is 0 Å². The zero-order valence-electron chi connectivity index (χ0n) is 20.1. The smallest absolute Gasteiger partial charge is 0.318 e. The van der Waals surface area contributed by atoms with Crippen LogP contribution < -0.4 is 14.8 Å². The maximum atomic E-state index is 13.5. The largest absolute Gasteiger partial charge is 0.493 e. The molecule has 34 heavy (non-hydrogen) atoms. The van der Waals surface area contributed by atoms with Crippen molar-refractivity contribution in [2.24, 2.45) is 5.92 Å². The molecule has 3 aliphatic heterocycles. The second-order valence-electron chi connectivity index (χ2n) is 9.53. The number of methoxy groups -OCH3 is 2. The molecule has 3 aliphatic rings. The highest BCUT2D eigenvalue weighted by atomic mass is 16.5. The predicted molar refractivity (Wildman–Crippen MR) is 129 cm³/mol. The molecule has 5 rings (SSSR count). The summed E-state index contributed by atoms with van der Waals surface area (Å²) in [5.74, 6) is 1.38. The number of fused-ring (bicyclic) bond motifs is 4. The van der Waals surface area contributed by atoms with Crippen LogP contribution in [0.25, 0.3) is 0 Å². The van der Waals surface area contributed by atoms with Gasteiger partial charge in [0.2, 0.25) is 5.91 Å². The number of piperidine rings is 2. The Labute approximate surface area is 201 Å². The molecular weight excluding hydrogens is 430 g/mol. The number of carbonyl (C=O) groups is 2. The van der Waals surface area contributed by atoms with Crippen molar-refractivity contribution in [3.8, 4) is 11.5 Å². The molecule has 4 atom stereocenters. The van der Waals surface area contributed by atoms with Crippen molar-refractivity contribution in [1.29, 1.82) is 0 Å². The number of nitrogens with one attached hydrogen (secondary N) is 1. The van der Waals surface area contributed by atoms with E-state index >= 15 is 0 Å². The quantitative estimate of drug-likeness (QED) is 0.742. The molecule has 7 nitrogen and oxygen atoms in total. The van der Waals surface area contributed by atoms with E-state index in [1.807, 2.05) is 30.0 Å². The zero-order chi connectivity index (χ0) is 23.8. The van der Waals surface area contributed by atoms with Crippen molar-refractivity contribution in [2.45, 2.75) is 50.7 Å². The van der Waals surface area contributed by atoms with E-state index in [2.05, 4.69) is 34.5 Å². The lowest BCUT2D eigenvalue weighted by molar-refractivity contribution is -0.148. The summed E-state index contributed by atoms with van der Waals surface area (Å²) < 4.78 is 10.7. The Hall–Kier alpha value is -3.22. The predicted octanol–water partition coefficient (Wildman–Crippen LogP) is 4.08. The normalized spacial score (nSPS) is 24.4. The van der Waals surface area contributed by atoms with Crippen LogP contribution in [0.15, 0.2) is 42.5 Å². The Morgan fingerprint density at radius 2 is 1.88 bits per heavy atom. The first-order chi connectivity index (χ1) is 16.5. The molecular formula is C27H33N3O4. The summed E-state index contributed by atoms with van der Waals surface area (Å²) in [6, 6.07) is 13.8. The molecule has 3 heterocycles. The third-order valence-corrected chi connectivity index (χ3v) is 7.76. The summed E-state index contributed by atoms with van der Waals surface area (Å²) >= 11 is 0. The van der Waals surface area contributed by atoms with Gasteiger partial charge in [-0.3, -0.25) is 4.79 Å². The fourth-order valence-electron chi connectivity index (χ4n) is 5.97. The van der Waals surface area contributed by atoms with E-state index in [9.17, 15) is 9.59 Å². The van der Waals surface area contributed by atoms with Crippen LogP contribution in [0, 0.1) is 5.92 Å². The molecule has 0 bridgehead atoms. The first kappa shape index (κ1) is 22.6. The monoisotopic (exact) mass is 463 g/mol. The molecule has 0 spiro atoms. The summed E-state index contributed by atoms with van der Waals surface area (Å²) in [6.45, 7) is 3.41. The molecule has 0 aliphatic carbocycles. The molecule has 1 N–H and O–H groups in total. The molecule has 0 saturated carbocycles. The van der Waals surface area contributed by atoms with E-state index in [0.717, 1.165) is 37.8 Å². The molecule has 0 unspecified atom stereocenters. The Kier molecular flexibility index (Phi) is 6.11. The lowest BCUT2D eigenvalue weighted by Crippen LogP contribution is -2.61. The Bertz CT molecular complexity index is 1090. The molecule has 2 saturated heterocycles. The molecule has 180 valence electrons. The van der Waals surface area contributed by atoms with Gasteiger partial charge in [-0.1, -0.05) is 30.3 Å². The second kappa shape index (κ2) is 9.20. The molecule has 2 fully saturated rings. The van der Waals surface area contributed by atoms with Crippen LogP contribution in [0.2, 0.25) is 0 Å². The van der Waals surface area contributed by atoms with Gasteiger partial charge in [-0.25, -0.2) is 4.79 Å². The van der Waals surface area contributed by atoms with Gasteiger partial charge in [0.25, 0.3) is 0 Å². The highest BCUT2D eigenvalue weighted by molar-refractivity contribution is 5.83. The lowest BCUT2D eigenvalue weighted by Gasteiger charge is -2.51. The highest BCUT2D eigenvalue weighted by Gasteiger charge is 2.48. The van der Waals surface area contributed by atoms with Gasteiger partial charge in [-0.05, 0) is 61.4 Å². The van der Waals surface area contributed by atoms with E-state index < -0.39 is 0 Å². The van der Waals surface area contributed by atoms with Crippen LogP contribution in [0.5, 0.6) is 11.5 Å². The second-order valence-corrected chi connectivity index (χ2v) is 9.53. The molecule has 3 amide bonds. The van der Waals surface area contributed by atoms with Gasteiger partial charge in [0.05, 0.1) is 32.2 Å². The van der Waals surface area contributed by atoms with Crippen molar-refractivity contribution in [2.75, 3.05) is 27.3 Å². The van der Waals surface area contributed by atoms with E-state index in [1.54, 1.807) is 14.2 Å². The van der Waals surface area contributed by atoms with Crippen LogP contribution in [0.1, 0.15) is 55.0 Å². The molecule has 0 aromatic heterocycles. The standard InChI is InChI=1S/C27H33N3O4/c1-17(19-10-11-24(33-2)25(15-19)34-3)28-27(32)30-13-6-9-21-23(30)16-22-20-8-5-4-7-18(20)12-14-29(22)26(21)31/h4-5,7-8,10-11,15,17,21-23H,6,9,12-14,16H2,1-3H3,(H,28,32)/t17-,21-,22-,23-/m1/s1. The minimum absolute atomic E-state index is 0.0513. The van der Waals surface area contributed by atoms with Crippen molar-refractivity contribution in [3.05, 3.63) is 59.2 Å². The summed E-state index contributed by atoms with van der Waals surface area (Å²) in [5, 5.41) is 3.16. The summed E-state index contributed by atoms with van der Waals surface area (Å²) in [6.07, 6.45) is 3.40. The maximum absolute atomic E-state index is 13.5. The number of hydrogen-bond donors (Lipinski definition) is 1. The van der Waals surface area contributed by atoms with Gasteiger partial charge in [-0.15, -0.1) is 0 Å². The third kappa shape index (κ3) is 3.87. The third-order valence-electron chi connectivity index (χ3n) is 7.76. The fourth-order valence-corrected chi connectivity index (χ4v) is 5.97. The Morgan fingerprint density at radius 1 is 1.09 bits per heavy atom. The SMILES string of the molecule is COc1ccc([C@@H](C)NC(=O)N2CCC[C@H]3C(=O)N4CCc5ccccc5[C@H]4C[C@H]32)cc1OC. The fraction of sp³-hybridized carbons (Fsp3) is 0.481. The number of carbonyl (C=O) groups excluding carboxylic acids is 2. The number of ether oxygens (including phenoxy) is 2. The topological polar surface area (TPSA) is 71.1 Å². The van der Waals surface area contributed by atoms with Crippen molar-refractivity contribution in [3.63, 3.8) is 0 Å².